The summed E-state index contributed by atoms with van der Waals surface area (Å²) in [4.78, 5) is 5.53. The minimum Gasteiger partial charge on any atom is -0.372 e. The van der Waals surface area contributed by atoms with E-state index in [-0.39, 0.29) is 18.0 Å². The van der Waals surface area contributed by atoms with E-state index in [9.17, 15) is 13.2 Å². The summed E-state index contributed by atoms with van der Waals surface area (Å²) < 4.78 is 44.2. The molecule has 0 amide bonds. The van der Waals surface area contributed by atoms with E-state index >= 15 is 0 Å². The van der Waals surface area contributed by atoms with Crippen molar-refractivity contribution in [3.05, 3.63) is 23.9 Å². The van der Waals surface area contributed by atoms with Crippen LogP contribution in [0.5, 0.6) is 0 Å². The fourth-order valence-electron chi connectivity index (χ4n) is 2.22. The highest BCUT2D eigenvalue weighted by atomic mass is 19.4. The Kier molecular flexibility index (Phi) is 3.47. The zero-order chi connectivity index (χ0) is 13.3. The van der Waals surface area contributed by atoms with Gasteiger partial charge in [-0.25, -0.2) is 4.98 Å². The predicted octanol–water partition coefficient (Wildman–Crippen LogP) is 2.71. The summed E-state index contributed by atoms with van der Waals surface area (Å²) in [5.74, 6) is -0.00741. The van der Waals surface area contributed by atoms with Gasteiger partial charge in [0.05, 0.1) is 17.8 Å². The third-order valence-corrected chi connectivity index (χ3v) is 2.81. The van der Waals surface area contributed by atoms with Crippen LogP contribution in [0.1, 0.15) is 19.4 Å². The van der Waals surface area contributed by atoms with Crippen molar-refractivity contribution in [2.45, 2.75) is 32.2 Å². The van der Waals surface area contributed by atoms with Gasteiger partial charge in [-0.15, -0.1) is 0 Å². The van der Waals surface area contributed by atoms with E-state index in [0.29, 0.717) is 13.1 Å². The first-order valence-electron chi connectivity index (χ1n) is 5.80. The Balaban J connectivity index is 2.33. The molecule has 1 fully saturated rings. The van der Waals surface area contributed by atoms with Gasteiger partial charge >= 0.3 is 6.18 Å². The molecule has 1 aliphatic rings. The van der Waals surface area contributed by atoms with Crippen molar-refractivity contribution < 1.29 is 17.9 Å². The fraction of sp³-hybridized carbons (Fsp3) is 0.583. The SMILES string of the molecule is CC1CN(c2ncccc2C(F)(F)F)CC(C)O1. The predicted molar refractivity (Wildman–Crippen MR) is 61.5 cm³/mol. The van der Waals surface area contributed by atoms with Crippen molar-refractivity contribution in [1.82, 2.24) is 4.98 Å². The van der Waals surface area contributed by atoms with E-state index in [0.717, 1.165) is 6.07 Å². The molecule has 1 aliphatic heterocycles. The molecule has 0 saturated carbocycles. The van der Waals surface area contributed by atoms with Gasteiger partial charge in [0.25, 0.3) is 0 Å². The molecule has 100 valence electrons. The zero-order valence-electron chi connectivity index (χ0n) is 10.2. The number of hydrogen-bond acceptors (Lipinski definition) is 3. The highest BCUT2D eigenvalue weighted by Gasteiger charge is 2.37. The van der Waals surface area contributed by atoms with Crippen LogP contribution in [0.2, 0.25) is 0 Å². The third kappa shape index (κ3) is 2.75. The van der Waals surface area contributed by atoms with Crippen LogP contribution in [0.25, 0.3) is 0 Å². The van der Waals surface area contributed by atoms with E-state index in [1.54, 1.807) is 4.90 Å². The van der Waals surface area contributed by atoms with Gasteiger partial charge < -0.3 is 9.64 Å². The summed E-state index contributed by atoms with van der Waals surface area (Å²) in [5, 5.41) is 0. The number of morpholine rings is 1. The lowest BCUT2D eigenvalue weighted by molar-refractivity contribution is -0.137. The number of rotatable bonds is 1. The normalized spacial score (nSPS) is 25.3. The van der Waals surface area contributed by atoms with E-state index in [1.165, 1.54) is 12.3 Å². The Labute approximate surface area is 104 Å². The Hall–Kier alpha value is -1.30. The van der Waals surface area contributed by atoms with Gasteiger partial charge in [0.2, 0.25) is 0 Å². The molecule has 0 spiro atoms. The molecule has 2 rings (SSSR count). The van der Waals surface area contributed by atoms with Gasteiger partial charge in [-0.1, -0.05) is 0 Å². The Morgan fingerprint density at radius 1 is 1.28 bits per heavy atom. The average molecular weight is 260 g/mol. The summed E-state index contributed by atoms with van der Waals surface area (Å²) in [6.45, 7) is 4.53. The minimum atomic E-state index is -4.38. The Morgan fingerprint density at radius 3 is 2.44 bits per heavy atom. The summed E-state index contributed by atoms with van der Waals surface area (Å²) in [7, 11) is 0. The quantitative estimate of drug-likeness (QED) is 0.776. The van der Waals surface area contributed by atoms with Crippen LogP contribution < -0.4 is 4.90 Å². The molecule has 0 aliphatic carbocycles. The van der Waals surface area contributed by atoms with Crippen LogP contribution in [-0.2, 0) is 10.9 Å². The molecular weight excluding hydrogens is 245 g/mol. The van der Waals surface area contributed by atoms with Crippen molar-refractivity contribution in [3.8, 4) is 0 Å². The highest BCUT2D eigenvalue weighted by Crippen LogP contribution is 2.35. The van der Waals surface area contributed by atoms with Gasteiger partial charge in [-0.2, -0.15) is 13.2 Å². The first-order chi connectivity index (χ1) is 8.38. The van der Waals surface area contributed by atoms with Gasteiger partial charge in [0.15, 0.2) is 0 Å². The summed E-state index contributed by atoms with van der Waals surface area (Å²) in [6, 6.07) is 2.37. The minimum absolute atomic E-state index is 0.00741. The monoisotopic (exact) mass is 260 g/mol. The van der Waals surface area contributed by atoms with E-state index < -0.39 is 11.7 Å². The second-order valence-electron chi connectivity index (χ2n) is 4.53. The second kappa shape index (κ2) is 4.76. The Morgan fingerprint density at radius 2 is 1.89 bits per heavy atom. The van der Waals surface area contributed by atoms with Crippen LogP contribution in [0.4, 0.5) is 19.0 Å². The molecule has 0 aromatic carbocycles. The first-order valence-corrected chi connectivity index (χ1v) is 5.80. The molecule has 2 atom stereocenters. The number of nitrogens with zero attached hydrogens (tertiary/aromatic N) is 2. The highest BCUT2D eigenvalue weighted by molar-refractivity contribution is 5.49. The molecule has 1 aromatic heterocycles. The van der Waals surface area contributed by atoms with Crippen LogP contribution in [0.3, 0.4) is 0 Å². The van der Waals surface area contributed by atoms with Crippen molar-refractivity contribution in [1.29, 1.82) is 0 Å². The van der Waals surface area contributed by atoms with Gasteiger partial charge in [-0.05, 0) is 26.0 Å². The fourth-order valence-corrected chi connectivity index (χ4v) is 2.22. The van der Waals surface area contributed by atoms with Crippen LogP contribution >= 0.6 is 0 Å². The largest absolute Gasteiger partial charge is 0.419 e. The third-order valence-electron chi connectivity index (χ3n) is 2.81. The van der Waals surface area contributed by atoms with Crippen LogP contribution in [0.15, 0.2) is 18.3 Å². The van der Waals surface area contributed by atoms with Crippen molar-refractivity contribution in [3.63, 3.8) is 0 Å². The molecule has 0 N–H and O–H groups in total. The molecule has 0 bridgehead atoms. The lowest BCUT2D eigenvalue weighted by Gasteiger charge is -2.37. The molecule has 2 heterocycles. The number of hydrogen-bond donors (Lipinski definition) is 0. The first kappa shape index (κ1) is 13.1. The molecular formula is C12H15F3N2O. The summed E-state index contributed by atoms with van der Waals surface area (Å²) in [6.07, 6.45) is -3.20. The lowest BCUT2D eigenvalue weighted by atomic mass is 10.2. The average Bonchev–Trinajstić information content (AvgIpc) is 2.26. The van der Waals surface area contributed by atoms with Gasteiger partial charge in [-0.3, -0.25) is 0 Å². The maximum absolute atomic E-state index is 12.9. The number of aromatic nitrogens is 1. The van der Waals surface area contributed by atoms with E-state index in [2.05, 4.69) is 4.98 Å². The summed E-state index contributed by atoms with van der Waals surface area (Å²) in [5.41, 5.74) is -0.689. The number of anilines is 1. The topological polar surface area (TPSA) is 25.4 Å². The molecule has 1 saturated heterocycles. The molecule has 0 radical (unpaired) electrons. The maximum atomic E-state index is 12.9. The van der Waals surface area contributed by atoms with Gasteiger partial charge in [0.1, 0.15) is 5.82 Å². The lowest BCUT2D eigenvalue weighted by Crippen LogP contribution is -2.46. The van der Waals surface area contributed by atoms with Crippen molar-refractivity contribution >= 4 is 5.82 Å². The zero-order valence-corrected chi connectivity index (χ0v) is 10.2. The van der Waals surface area contributed by atoms with E-state index in [1.807, 2.05) is 13.8 Å². The number of ether oxygens (including phenoxy) is 1. The van der Waals surface area contributed by atoms with Crippen molar-refractivity contribution in [2.75, 3.05) is 18.0 Å². The molecule has 18 heavy (non-hydrogen) atoms. The maximum Gasteiger partial charge on any atom is 0.419 e. The molecule has 1 aromatic rings. The van der Waals surface area contributed by atoms with Crippen LogP contribution in [-0.4, -0.2) is 30.3 Å². The second-order valence-corrected chi connectivity index (χ2v) is 4.53. The van der Waals surface area contributed by atoms with Gasteiger partial charge in [0, 0.05) is 19.3 Å². The summed E-state index contributed by atoms with van der Waals surface area (Å²) >= 11 is 0. The van der Waals surface area contributed by atoms with E-state index in [4.69, 9.17) is 4.74 Å². The van der Waals surface area contributed by atoms with Crippen LogP contribution in [0, 0.1) is 0 Å². The Bertz CT molecular complexity index is 412. The smallest absolute Gasteiger partial charge is 0.372 e. The van der Waals surface area contributed by atoms with Crippen molar-refractivity contribution in [2.24, 2.45) is 0 Å². The molecule has 6 heteroatoms. The number of halogens is 3. The standard InChI is InChI=1S/C12H15F3N2O/c1-8-6-17(7-9(2)18-8)11-10(12(13,14)15)4-3-5-16-11/h3-5,8-9H,6-7H2,1-2H3. The molecule has 2 unspecified atom stereocenters. The number of alkyl halides is 3. The molecule has 3 nitrogen and oxygen atoms in total. The number of pyridine rings is 1.